The second kappa shape index (κ2) is 2.78. The van der Waals surface area contributed by atoms with Crippen LogP contribution in [0.2, 0.25) is 0 Å². The van der Waals surface area contributed by atoms with Gasteiger partial charge in [0.25, 0.3) is 0 Å². The second-order valence-electron chi connectivity index (χ2n) is 4.46. The number of likely N-dealkylation sites (tertiary alicyclic amines) is 1. The smallest absolute Gasteiger partial charge is 0.0535 e. The van der Waals surface area contributed by atoms with Crippen molar-refractivity contribution in [2.75, 3.05) is 13.1 Å². The van der Waals surface area contributed by atoms with Gasteiger partial charge >= 0.3 is 0 Å². The van der Waals surface area contributed by atoms with Crippen LogP contribution in [0.1, 0.15) is 38.5 Å². The fraction of sp³-hybridized carbons (Fsp3) is 0.900. The van der Waals surface area contributed by atoms with Crippen molar-refractivity contribution >= 4 is 0 Å². The molecule has 1 heterocycles. The van der Waals surface area contributed by atoms with Gasteiger partial charge in [0, 0.05) is 0 Å². The summed E-state index contributed by atoms with van der Waals surface area (Å²) in [5.74, 6) is 0. The predicted octanol–water partition coefficient (Wildman–Crippen LogP) is 1.02. The zero-order chi connectivity index (χ0) is 7.73. The number of nitrogens with one attached hydrogen (secondary N) is 1. The molecule has 1 aliphatic heterocycles. The Hall–Kier alpha value is -0.0400. The van der Waals surface area contributed by atoms with Crippen molar-refractivity contribution in [3.05, 3.63) is 7.05 Å². The first-order valence-electron chi connectivity index (χ1n) is 4.97. The van der Waals surface area contributed by atoms with Gasteiger partial charge in [0.2, 0.25) is 0 Å². The third-order valence-electron chi connectivity index (χ3n) is 3.66. The quantitative estimate of drug-likeness (QED) is 0.496. The normalized spacial score (nSPS) is 36.3. The Morgan fingerprint density at radius 1 is 0.909 bits per heavy atom. The highest BCUT2D eigenvalue weighted by Crippen LogP contribution is 2.47. The molecule has 0 bridgehead atoms. The van der Waals surface area contributed by atoms with E-state index < -0.39 is 0 Å². The van der Waals surface area contributed by atoms with E-state index in [1.54, 1.807) is 0 Å². The molecule has 2 fully saturated rings. The molecule has 0 aromatic carbocycles. The molecule has 0 radical (unpaired) electrons. The fourth-order valence-corrected chi connectivity index (χ4v) is 2.58. The summed E-state index contributed by atoms with van der Waals surface area (Å²) in [6.07, 6.45) is 8.88. The lowest BCUT2D eigenvalue weighted by Gasteiger charge is -2.40. The summed E-state index contributed by atoms with van der Waals surface area (Å²) < 4.78 is 0. The topological polar surface area (TPSA) is 4.44 Å². The van der Waals surface area contributed by atoms with Crippen LogP contribution in [0.15, 0.2) is 0 Å². The molecule has 1 N–H and O–H groups in total. The van der Waals surface area contributed by atoms with E-state index in [2.05, 4.69) is 7.05 Å². The van der Waals surface area contributed by atoms with Crippen LogP contribution in [0.5, 0.6) is 0 Å². The van der Waals surface area contributed by atoms with Crippen LogP contribution in [0.3, 0.4) is 0 Å². The molecule has 1 saturated heterocycles. The van der Waals surface area contributed by atoms with E-state index in [0.29, 0.717) is 0 Å². The molecule has 0 amide bonds. The largest absolute Gasteiger partial charge is 0.468 e. The van der Waals surface area contributed by atoms with E-state index in [9.17, 15) is 0 Å². The van der Waals surface area contributed by atoms with E-state index in [4.69, 9.17) is 0 Å². The van der Waals surface area contributed by atoms with Crippen LogP contribution in [-0.2, 0) is 0 Å². The standard InChI is InChI=1S/C10H19N/c1-11-8-3-6-10(7-9-11)4-2-5-10/h11H,1-9H2. The van der Waals surface area contributed by atoms with Crippen molar-refractivity contribution in [1.29, 1.82) is 0 Å². The van der Waals surface area contributed by atoms with Gasteiger partial charge in [0.1, 0.15) is 0 Å². The molecule has 1 unspecified atom stereocenters. The highest BCUT2D eigenvalue weighted by molar-refractivity contribution is 4.87. The minimum absolute atomic E-state index is 0.805. The summed E-state index contributed by atoms with van der Waals surface area (Å²) in [6, 6.07) is 0. The van der Waals surface area contributed by atoms with Gasteiger partial charge in [-0.3, -0.25) is 0 Å². The zero-order valence-corrected chi connectivity index (χ0v) is 7.36. The van der Waals surface area contributed by atoms with Crippen molar-refractivity contribution in [3.63, 3.8) is 0 Å². The highest BCUT2D eigenvalue weighted by Gasteiger charge is 2.37. The Morgan fingerprint density at radius 3 is 2.27 bits per heavy atom. The van der Waals surface area contributed by atoms with E-state index in [1.807, 2.05) is 0 Å². The van der Waals surface area contributed by atoms with Crippen molar-refractivity contribution < 1.29 is 4.90 Å². The maximum Gasteiger partial charge on any atom is 0.0535 e. The predicted molar refractivity (Wildman–Crippen MR) is 46.2 cm³/mol. The van der Waals surface area contributed by atoms with Gasteiger partial charge in [0.15, 0.2) is 0 Å². The van der Waals surface area contributed by atoms with Gasteiger partial charge in [-0.25, -0.2) is 0 Å². The summed E-state index contributed by atoms with van der Waals surface area (Å²) in [4.78, 5) is 1.51. The van der Waals surface area contributed by atoms with Crippen molar-refractivity contribution in [2.45, 2.75) is 38.5 Å². The Morgan fingerprint density at radius 2 is 1.64 bits per heavy atom. The van der Waals surface area contributed by atoms with Crippen molar-refractivity contribution in [2.24, 2.45) is 5.41 Å². The third-order valence-corrected chi connectivity index (χ3v) is 3.66. The van der Waals surface area contributed by atoms with E-state index in [-0.39, 0.29) is 0 Å². The molecular formula is C10H19N. The maximum absolute atomic E-state index is 4.10. The molecule has 0 aromatic heterocycles. The summed E-state index contributed by atoms with van der Waals surface area (Å²) in [5.41, 5.74) is 0.805. The van der Waals surface area contributed by atoms with Gasteiger partial charge < -0.3 is 4.90 Å². The first-order chi connectivity index (χ1) is 5.31. The fourth-order valence-electron chi connectivity index (χ4n) is 2.58. The van der Waals surface area contributed by atoms with Crippen LogP contribution < -0.4 is 4.90 Å². The summed E-state index contributed by atoms with van der Waals surface area (Å²) >= 11 is 0. The first-order valence-corrected chi connectivity index (χ1v) is 4.97. The highest BCUT2D eigenvalue weighted by atomic mass is 15.1. The van der Waals surface area contributed by atoms with Gasteiger partial charge in [-0.1, -0.05) is 6.42 Å². The monoisotopic (exact) mass is 153 g/mol. The SMILES string of the molecule is [CH2-][NH+]1CCCC2(CCC2)CC1. The molecule has 1 atom stereocenters. The van der Waals surface area contributed by atoms with Gasteiger partial charge in [-0.15, -0.1) is 0 Å². The lowest BCUT2D eigenvalue weighted by Crippen LogP contribution is -3.06. The molecule has 64 valence electrons. The molecule has 11 heavy (non-hydrogen) atoms. The van der Waals surface area contributed by atoms with Gasteiger partial charge in [0.05, 0.1) is 13.1 Å². The minimum Gasteiger partial charge on any atom is -0.468 e. The molecule has 1 nitrogen and oxygen atoms in total. The molecule has 1 aliphatic carbocycles. The molecule has 0 aromatic rings. The number of hydrogen-bond donors (Lipinski definition) is 1. The van der Waals surface area contributed by atoms with Crippen molar-refractivity contribution in [1.82, 2.24) is 0 Å². The second-order valence-corrected chi connectivity index (χ2v) is 4.46. The van der Waals surface area contributed by atoms with Crippen LogP contribution >= 0.6 is 0 Å². The molecule has 1 spiro atoms. The molecule has 2 rings (SSSR count). The Bertz CT molecular complexity index is 138. The number of quaternary nitrogens is 1. The van der Waals surface area contributed by atoms with Crippen LogP contribution in [0.25, 0.3) is 0 Å². The van der Waals surface area contributed by atoms with Gasteiger partial charge in [-0.05, 0) is 37.5 Å². The minimum atomic E-state index is 0.805. The van der Waals surface area contributed by atoms with Gasteiger partial charge in [-0.2, -0.15) is 7.05 Å². The maximum atomic E-state index is 4.10. The van der Waals surface area contributed by atoms with E-state index >= 15 is 0 Å². The molecular weight excluding hydrogens is 134 g/mol. The average Bonchev–Trinajstić information content (AvgIpc) is 2.09. The zero-order valence-electron chi connectivity index (χ0n) is 7.36. The Balaban J connectivity index is 1.92. The Kier molecular flexibility index (Phi) is 1.92. The summed E-state index contributed by atoms with van der Waals surface area (Å²) in [5, 5.41) is 0. The van der Waals surface area contributed by atoms with Crippen LogP contribution in [0, 0.1) is 12.5 Å². The van der Waals surface area contributed by atoms with Crippen molar-refractivity contribution in [3.8, 4) is 0 Å². The third kappa shape index (κ3) is 1.44. The molecule has 1 heteroatoms. The van der Waals surface area contributed by atoms with E-state index in [1.165, 1.54) is 56.5 Å². The Labute approximate surface area is 69.8 Å². The lowest BCUT2D eigenvalue weighted by molar-refractivity contribution is -0.853. The summed E-state index contributed by atoms with van der Waals surface area (Å²) in [6.45, 7) is 2.63. The first kappa shape index (κ1) is 7.60. The number of hydrogen-bond acceptors (Lipinski definition) is 0. The van der Waals surface area contributed by atoms with Crippen LogP contribution in [0.4, 0.5) is 0 Å². The molecule has 1 saturated carbocycles. The molecule has 2 aliphatic rings. The lowest BCUT2D eigenvalue weighted by atomic mass is 9.64. The van der Waals surface area contributed by atoms with Crippen LogP contribution in [-0.4, -0.2) is 13.1 Å². The van der Waals surface area contributed by atoms with E-state index in [0.717, 1.165) is 5.41 Å². The average molecular weight is 153 g/mol. The number of rotatable bonds is 0. The summed E-state index contributed by atoms with van der Waals surface area (Å²) in [7, 11) is 4.10.